The molecule has 0 aromatic heterocycles. The fraction of sp³-hybridized carbons (Fsp3) is 0.800. The average Bonchev–Trinajstić information content (AvgIpc) is 2.44. The van der Waals surface area contributed by atoms with Crippen molar-refractivity contribution in [2.75, 3.05) is 6.61 Å². The SMILES string of the molecule is NOS(=O)(=O)C(F)(F)COC(=O)C1CCCCC1C(=O)O. The number of carbonyl (C=O) groups is 2. The van der Waals surface area contributed by atoms with Gasteiger partial charge in [0.25, 0.3) is 0 Å². The van der Waals surface area contributed by atoms with E-state index in [4.69, 9.17) is 5.11 Å². The minimum absolute atomic E-state index is 0.182. The van der Waals surface area contributed by atoms with E-state index in [1.54, 1.807) is 0 Å². The second kappa shape index (κ2) is 6.62. The van der Waals surface area contributed by atoms with Crippen LogP contribution in [0.4, 0.5) is 8.78 Å². The van der Waals surface area contributed by atoms with Gasteiger partial charge < -0.3 is 9.84 Å². The van der Waals surface area contributed by atoms with Gasteiger partial charge >= 0.3 is 27.3 Å². The molecule has 1 saturated carbocycles. The zero-order valence-electron chi connectivity index (χ0n) is 10.8. The van der Waals surface area contributed by atoms with E-state index in [-0.39, 0.29) is 12.8 Å². The molecule has 0 saturated heterocycles. The molecule has 122 valence electrons. The molecule has 0 spiro atoms. The van der Waals surface area contributed by atoms with Crippen molar-refractivity contribution in [2.45, 2.75) is 30.9 Å². The van der Waals surface area contributed by atoms with E-state index in [0.29, 0.717) is 12.8 Å². The van der Waals surface area contributed by atoms with E-state index in [1.165, 1.54) is 0 Å². The highest BCUT2D eigenvalue weighted by molar-refractivity contribution is 7.87. The smallest absolute Gasteiger partial charge is 0.404 e. The second-order valence-electron chi connectivity index (χ2n) is 4.63. The molecule has 1 rings (SSSR count). The molecular formula is C10H15F2NO7S. The Morgan fingerprint density at radius 1 is 1.24 bits per heavy atom. The summed E-state index contributed by atoms with van der Waals surface area (Å²) in [6.45, 7) is -1.78. The van der Waals surface area contributed by atoms with Crippen molar-refractivity contribution >= 4 is 22.1 Å². The average molecular weight is 331 g/mol. The van der Waals surface area contributed by atoms with Crippen molar-refractivity contribution in [1.29, 1.82) is 0 Å². The van der Waals surface area contributed by atoms with Crippen LogP contribution in [-0.4, -0.2) is 37.3 Å². The lowest BCUT2D eigenvalue weighted by Crippen LogP contribution is -2.40. The Morgan fingerprint density at radius 2 is 1.76 bits per heavy atom. The van der Waals surface area contributed by atoms with Gasteiger partial charge in [0.1, 0.15) is 0 Å². The minimum atomic E-state index is -5.40. The summed E-state index contributed by atoms with van der Waals surface area (Å²) in [5.74, 6) is -0.277. The molecule has 1 fully saturated rings. The number of rotatable bonds is 6. The number of carboxylic acids is 1. The lowest BCUT2D eigenvalue weighted by Gasteiger charge is -2.27. The van der Waals surface area contributed by atoms with Crippen LogP contribution >= 0.6 is 0 Å². The van der Waals surface area contributed by atoms with Crippen LogP contribution in [0.1, 0.15) is 25.7 Å². The van der Waals surface area contributed by atoms with Crippen LogP contribution in [0.3, 0.4) is 0 Å². The number of esters is 1. The van der Waals surface area contributed by atoms with Crippen molar-refractivity contribution in [3.8, 4) is 0 Å². The van der Waals surface area contributed by atoms with E-state index in [2.05, 4.69) is 14.9 Å². The zero-order chi connectivity index (χ0) is 16.3. The first-order valence-electron chi connectivity index (χ1n) is 6.02. The zero-order valence-corrected chi connectivity index (χ0v) is 11.6. The van der Waals surface area contributed by atoms with Crippen LogP contribution in [0.15, 0.2) is 0 Å². The number of nitrogens with two attached hydrogens (primary N) is 1. The minimum Gasteiger partial charge on any atom is -0.481 e. The Bertz CT molecular complexity index is 508. The summed E-state index contributed by atoms with van der Waals surface area (Å²) >= 11 is 0. The van der Waals surface area contributed by atoms with Crippen molar-refractivity contribution in [3.05, 3.63) is 0 Å². The van der Waals surface area contributed by atoms with Crippen LogP contribution in [0.2, 0.25) is 0 Å². The van der Waals surface area contributed by atoms with Crippen molar-refractivity contribution in [2.24, 2.45) is 17.7 Å². The predicted octanol–water partition coefficient (Wildman–Crippen LogP) is 0.233. The van der Waals surface area contributed by atoms with E-state index >= 15 is 0 Å². The second-order valence-corrected chi connectivity index (χ2v) is 6.33. The molecule has 0 heterocycles. The van der Waals surface area contributed by atoms with E-state index < -0.39 is 45.8 Å². The van der Waals surface area contributed by atoms with Gasteiger partial charge in [-0.1, -0.05) is 12.8 Å². The number of hydrogen-bond acceptors (Lipinski definition) is 7. The third-order valence-electron chi connectivity index (χ3n) is 3.26. The lowest BCUT2D eigenvalue weighted by atomic mass is 9.79. The number of alkyl halides is 2. The Labute approximate surface area is 119 Å². The van der Waals surface area contributed by atoms with E-state index in [9.17, 15) is 26.8 Å². The molecule has 0 aromatic rings. The van der Waals surface area contributed by atoms with Crippen LogP contribution in [0.5, 0.6) is 0 Å². The number of halogens is 2. The fourth-order valence-electron chi connectivity index (χ4n) is 2.11. The fourth-order valence-corrected chi connectivity index (χ4v) is 2.46. The molecule has 11 heteroatoms. The van der Waals surface area contributed by atoms with Gasteiger partial charge in [-0.25, -0.2) is 0 Å². The summed E-state index contributed by atoms with van der Waals surface area (Å²) in [5, 5.41) is 4.46. The standard InChI is InChI=1S/C10H15F2NO7S/c11-10(12,21(17,18)20-13)5-19-9(16)7-4-2-1-3-6(7)8(14)15/h6-7H,1-5,13H2,(H,14,15). The highest BCUT2D eigenvalue weighted by atomic mass is 32.2. The van der Waals surface area contributed by atoms with Crippen LogP contribution in [0.25, 0.3) is 0 Å². The maximum Gasteiger partial charge on any atom is 0.404 e. The summed E-state index contributed by atoms with van der Waals surface area (Å²) in [6.07, 6.45) is 1.58. The highest BCUT2D eigenvalue weighted by Crippen LogP contribution is 2.32. The number of hydrogen-bond donors (Lipinski definition) is 2. The van der Waals surface area contributed by atoms with Gasteiger partial charge in [-0.05, 0) is 12.8 Å². The van der Waals surface area contributed by atoms with Gasteiger partial charge in [0.15, 0.2) is 6.61 Å². The van der Waals surface area contributed by atoms with Crippen molar-refractivity contribution in [1.82, 2.24) is 0 Å². The van der Waals surface area contributed by atoms with Crippen LogP contribution in [-0.2, 0) is 28.7 Å². The molecule has 8 nitrogen and oxygen atoms in total. The van der Waals surface area contributed by atoms with Gasteiger partial charge in [0.05, 0.1) is 11.8 Å². The molecule has 0 radical (unpaired) electrons. The third-order valence-corrected chi connectivity index (χ3v) is 4.36. The Kier molecular flexibility index (Phi) is 5.59. The normalized spacial score (nSPS) is 23.6. The molecule has 0 aromatic carbocycles. The molecular weight excluding hydrogens is 316 g/mol. The molecule has 0 bridgehead atoms. The number of aliphatic carboxylic acids is 1. The Hall–Kier alpha value is -1.33. The number of ether oxygens (including phenoxy) is 1. The van der Waals surface area contributed by atoms with Gasteiger partial charge in [0.2, 0.25) is 0 Å². The van der Waals surface area contributed by atoms with Gasteiger partial charge in [-0.15, -0.1) is 0 Å². The molecule has 0 amide bonds. The Balaban J connectivity index is 2.70. The lowest BCUT2D eigenvalue weighted by molar-refractivity contribution is -0.163. The summed E-state index contributed by atoms with van der Waals surface area (Å²) in [6, 6.07) is 0. The van der Waals surface area contributed by atoms with Gasteiger partial charge in [-0.3, -0.25) is 9.59 Å². The molecule has 3 N–H and O–H groups in total. The summed E-state index contributed by atoms with van der Waals surface area (Å²) in [5.41, 5.74) is 0. The summed E-state index contributed by atoms with van der Waals surface area (Å²) in [4.78, 5) is 22.7. The third kappa shape index (κ3) is 4.08. The molecule has 2 unspecified atom stereocenters. The van der Waals surface area contributed by atoms with Crippen LogP contribution < -0.4 is 5.90 Å². The molecule has 1 aliphatic rings. The maximum atomic E-state index is 13.2. The first kappa shape index (κ1) is 17.7. The van der Waals surface area contributed by atoms with Gasteiger partial charge in [0, 0.05) is 0 Å². The topological polar surface area (TPSA) is 133 Å². The van der Waals surface area contributed by atoms with Crippen LogP contribution in [0, 0.1) is 11.8 Å². The number of carboxylic acid groups (broad SMARTS) is 1. The summed E-state index contributed by atoms with van der Waals surface area (Å²) < 4.78 is 55.4. The van der Waals surface area contributed by atoms with Crippen molar-refractivity contribution < 1.29 is 40.9 Å². The number of carbonyl (C=O) groups excluding carboxylic acids is 1. The molecule has 2 atom stereocenters. The highest BCUT2D eigenvalue weighted by Gasteiger charge is 2.48. The Morgan fingerprint density at radius 3 is 2.24 bits per heavy atom. The van der Waals surface area contributed by atoms with E-state index in [1.807, 2.05) is 0 Å². The largest absolute Gasteiger partial charge is 0.481 e. The maximum absolute atomic E-state index is 13.2. The quantitative estimate of drug-likeness (QED) is 0.522. The van der Waals surface area contributed by atoms with Crippen molar-refractivity contribution in [3.63, 3.8) is 0 Å². The van der Waals surface area contributed by atoms with Gasteiger partial charge in [-0.2, -0.15) is 27.4 Å². The summed E-state index contributed by atoms with van der Waals surface area (Å²) in [7, 11) is -5.40. The molecule has 21 heavy (non-hydrogen) atoms. The first-order chi connectivity index (χ1) is 9.62. The molecule has 0 aliphatic heterocycles. The monoisotopic (exact) mass is 331 g/mol. The first-order valence-corrected chi connectivity index (χ1v) is 7.43. The molecule has 1 aliphatic carbocycles. The van der Waals surface area contributed by atoms with E-state index in [0.717, 1.165) is 0 Å². The predicted molar refractivity (Wildman–Crippen MR) is 63.2 cm³/mol.